The Kier molecular flexibility index (Phi) is 6.78. The summed E-state index contributed by atoms with van der Waals surface area (Å²) in [4.78, 5) is 24.6. The second-order valence-electron chi connectivity index (χ2n) is 7.07. The van der Waals surface area contributed by atoms with Gasteiger partial charge in [-0.2, -0.15) is 0 Å². The predicted molar refractivity (Wildman–Crippen MR) is 97.8 cm³/mol. The number of carbonyl (C=O) groups is 2. The van der Waals surface area contributed by atoms with Gasteiger partial charge in [0.2, 0.25) is 5.91 Å². The fourth-order valence-electron chi connectivity index (χ4n) is 3.39. The van der Waals surface area contributed by atoms with Crippen LogP contribution in [0.2, 0.25) is 0 Å². The molecule has 1 N–H and O–H groups in total. The van der Waals surface area contributed by atoms with Crippen LogP contribution in [-0.4, -0.2) is 44.0 Å². The molecule has 1 fully saturated rings. The summed E-state index contributed by atoms with van der Waals surface area (Å²) in [5.41, 5.74) is 4.31. The monoisotopic (exact) mass is 363 g/mol. The van der Waals surface area contributed by atoms with Crippen LogP contribution in [0.1, 0.15) is 42.0 Å². The molecule has 1 unspecified atom stereocenters. The third-order valence-electron chi connectivity index (χ3n) is 4.78. The van der Waals surface area contributed by atoms with E-state index in [1.54, 1.807) is 0 Å². The van der Waals surface area contributed by atoms with Crippen LogP contribution in [0.4, 0.5) is 0 Å². The topological polar surface area (TPSA) is 73.9 Å². The van der Waals surface area contributed by atoms with Crippen LogP contribution >= 0.6 is 0 Å². The number of nitrogens with one attached hydrogen (secondary N) is 1. The van der Waals surface area contributed by atoms with Gasteiger partial charge in [0.15, 0.2) is 5.79 Å². The molecule has 1 aromatic rings. The summed E-state index contributed by atoms with van der Waals surface area (Å²) in [5.74, 6) is -1.37. The van der Waals surface area contributed by atoms with Gasteiger partial charge < -0.3 is 19.5 Å². The smallest absolute Gasteiger partial charge is 0.328 e. The van der Waals surface area contributed by atoms with Crippen molar-refractivity contribution in [1.29, 1.82) is 0 Å². The molecule has 144 valence electrons. The molecule has 1 aromatic carbocycles. The van der Waals surface area contributed by atoms with Gasteiger partial charge in [-0.1, -0.05) is 17.7 Å². The summed E-state index contributed by atoms with van der Waals surface area (Å²) in [7, 11) is 1.32. The van der Waals surface area contributed by atoms with Crippen molar-refractivity contribution in [1.82, 2.24) is 5.32 Å². The Labute approximate surface area is 155 Å². The van der Waals surface area contributed by atoms with Crippen molar-refractivity contribution < 1.29 is 23.8 Å². The van der Waals surface area contributed by atoms with Gasteiger partial charge in [-0.3, -0.25) is 4.79 Å². The van der Waals surface area contributed by atoms with Crippen molar-refractivity contribution in [3.05, 3.63) is 34.4 Å². The molecule has 1 saturated heterocycles. The maximum absolute atomic E-state index is 12.5. The average Bonchev–Trinajstić information content (AvgIpc) is 3.01. The Morgan fingerprint density at radius 2 is 1.77 bits per heavy atom. The van der Waals surface area contributed by atoms with E-state index in [4.69, 9.17) is 14.2 Å². The molecule has 2 rings (SSSR count). The number of hydrogen-bond acceptors (Lipinski definition) is 5. The molecule has 26 heavy (non-hydrogen) atoms. The molecular formula is C20H29NO5. The number of ether oxygens (including phenoxy) is 3. The fourth-order valence-corrected chi connectivity index (χ4v) is 3.39. The van der Waals surface area contributed by atoms with Gasteiger partial charge in [0.25, 0.3) is 0 Å². The van der Waals surface area contributed by atoms with E-state index in [1.807, 2.05) is 27.7 Å². The van der Waals surface area contributed by atoms with Crippen LogP contribution in [0.5, 0.6) is 0 Å². The highest BCUT2D eigenvalue weighted by Gasteiger charge is 2.33. The van der Waals surface area contributed by atoms with Crippen LogP contribution in [0, 0.1) is 20.8 Å². The molecule has 1 amide bonds. The molecule has 1 aliphatic rings. The molecular weight excluding hydrogens is 334 g/mol. The molecule has 1 aliphatic heterocycles. The van der Waals surface area contributed by atoms with E-state index in [1.165, 1.54) is 12.7 Å². The Balaban J connectivity index is 2.01. The SMILES string of the molecule is COC(=O)C(CCC1(C)OCCO1)NC(=O)Cc1c(C)cc(C)cc1C. The molecule has 0 spiro atoms. The summed E-state index contributed by atoms with van der Waals surface area (Å²) in [6.07, 6.45) is 1.12. The number of rotatable bonds is 7. The molecule has 0 radical (unpaired) electrons. The van der Waals surface area contributed by atoms with Gasteiger partial charge in [-0.15, -0.1) is 0 Å². The second kappa shape index (κ2) is 8.64. The van der Waals surface area contributed by atoms with E-state index < -0.39 is 17.8 Å². The first kappa shape index (κ1) is 20.4. The molecule has 0 aliphatic carbocycles. The third kappa shape index (κ3) is 5.29. The predicted octanol–water partition coefficient (Wildman–Crippen LogP) is 2.36. The summed E-state index contributed by atoms with van der Waals surface area (Å²) in [6.45, 7) is 8.95. The average molecular weight is 363 g/mol. The molecule has 0 bridgehead atoms. The maximum atomic E-state index is 12.5. The maximum Gasteiger partial charge on any atom is 0.328 e. The Morgan fingerprint density at radius 3 is 2.31 bits per heavy atom. The van der Waals surface area contributed by atoms with Crippen LogP contribution in [0.25, 0.3) is 0 Å². The first-order chi connectivity index (χ1) is 12.2. The standard InChI is InChI=1S/C20H29NO5/c1-13-10-14(2)16(15(3)11-13)12-18(22)21-17(19(23)24-5)6-7-20(4)25-8-9-26-20/h10-11,17H,6-9,12H2,1-5H3,(H,21,22). The third-order valence-corrected chi connectivity index (χ3v) is 4.78. The first-order valence-corrected chi connectivity index (χ1v) is 8.96. The van der Waals surface area contributed by atoms with Gasteiger partial charge in [-0.05, 0) is 50.8 Å². The van der Waals surface area contributed by atoms with Crippen molar-refractivity contribution in [2.24, 2.45) is 0 Å². The number of methoxy groups -OCH3 is 1. The number of benzene rings is 1. The minimum absolute atomic E-state index is 0.200. The van der Waals surface area contributed by atoms with Gasteiger partial charge in [0.1, 0.15) is 6.04 Å². The Hall–Kier alpha value is -1.92. The molecule has 0 saturated carbocycles. The lowest BCUT2D eigenvalue weighted by atomic mass is 9.97. The lowest BCUT2D eigenvalue weighted by Gasteiger charge is -2.25. The minimum Gasteiger partial charge on any atom is -0.467 e. The molecule has 6 nitrogen and oxygen atoms in total. The molecule has 6 heteroatoms. The van der Waals surface area contributed by atoms with Crippen LogP contribution in [-0.2, 0) is 30.2 Å². The van der Waals surface area contributed by atoms with Crippen LogP contribution < -0.4 is 5.32 Å². The zero-order valence-electron chi connectivity index (χ0n) is 16.3. The van der Waals surface area contributed by atoms with Crippen LogP contribution in [0.3, 0.4) is 0 Å². The molecule has 1 heterocycles. The number of hydrogen-bond donors (Lipinski definition) is 1. The number of aryl methyl sites for hydroxylation is 3. The first-order valence-electron chi connectivity index (χ1n) is 8.96. The lowest BCUT2D eigenvalue weighted by molar-refractivity contribution is -0.155. The van der Waals surface area contributed by atoms with E-state index >= 15 is 0 Å². The van der Waals surface area contributed by atoms with Crippen molar-refractivity contribution in [2.75, 3.05) is 20.3 Å². The van der Waals surface area contributed by atoms with Gasteiger partial charge in [0, 0.05) is 6.42 Å². The van der Waals surface area contributed by atoms with E-state index in [9.17, 15) is 9.59 Å². The lowest BCUT2D eigenvalue weighted by Crippen LogP contribution is -2.43. The quantitative estimate of drug-likeness (QED) is 0.753. The Bertz CT molecular complexity index is 641. The zero-order valence-corrected chi connectivity index (χ0v) is 16.3. The van der Waals surface area contributed by atoms with Crippen molar-refractivity contribution in [3.8, 4) is 0 Å². The molecule has 0 aromatic heterocycles. The summed E-state index contributed by atoms with van der Waals surface area (Å²) in [5, 5.41) is 2.80. The number of carbonyl (C=O) groups excluding carboxylic acids is 2. The van der Waals surface area contributed by atoms with E-state index in [0.717, 1.165) is 16.7 Å². The molecule has 1 atom stereocenters. The zero-order chi connectivity index (χ0) is 19.3. The van der Waals surface area contributed by atoms with Gasteiger partial charge >= 0.3 is 5.97 Å². The minimum atomic E-state index is -0.719. The number of amides is 1. The van der Waals surface area contributed by atoms with E-state index in [-0.39, 0.29) is 12.3 Å². The largest absolute Gasteiger partial charge is 0.467 e. The summed E-state index contributed by atoms with van der Waals surface area (Å²) < 4.78 is 16.0. The summed E-state index contributed by atoms with van der Waals surface area (Å²) in [6, 6.07) is 3.40. The van der Waals surface area contributed by atoms with Crippen molar-refractivity contribution in [2.45, 2.75) is 58.8 Å². The van der Waals surface area contributed by atoms with Gasteiger partial charge in [0.05, 0.1) is 26.7 Å². The highest BCUT2D eigenvalue weighted by molar-refractivity contribution is 5.86. The summed E-state index contributed by atoms with van der Waals surface area (Å²) >= 11 is 0. The highest BCUT2D eigenvalue weighted by atomic mass is 16.7. The van der Waals surface area contributed by atoms with Crippen molar-refractivity contribution in [3.63, 3.8) is 0 Å². The van der Waals surface area contributed by atoms with E-state index in [2.05, 4.69) is 17.4 Å². The van der Waals surface area contributed by atoms with Crippen LogP contribution in [0.15, 0.2) is 12.1 Å². The fraction of sp³-hybridized carbons (Fsp3) is 0.600. The van der Waals surface area contributed by atoms with Gasteiger partial charge in [-0.25, -0.2) is 4.79 Å². The second-order valence-corrected chi connectivity index (χ2v) is 7.07. The highest BCUT2D eigenvalue weighted by Crippen LogP contribution is 2.25. The number of esters is 1. The Morgan fingerprint density at radius 1 is 1.19 bits per heavy atom. The van der Waals surface area contributed by atoms with E-state index in [0.29, 0.717) is 26.1 Å². The van der Waals surface area contributed by atoms with Crippen molar-refractivity contribution >= 4 is 11.9 Å². The normalized spacial score (nSPS) is 17.0.